The second-order valence-corrected chi connectivity index (χ2v) is 6.12. The Morgan fingerprint density at radius 3 is 2.25 bits per heavy atom. The van der Waals surface area contributed by atoms with Crippen LogP contribution in [0.4, 0.5) is 0 Å². The first-order valence-electron chi connectivity index (χ1n) is 6.72. The maximum Gasteiger partial charge on any atom is 0.0453 e. The molecule has 0 fully saturated rings. The fourth-order valence-corrected chi connectivity index (χ4v) is 2.96. The number of halogens is 2. The maximum atomic E-state index is 6.29. The molecule has 2 aromatic carbocycles. The monoisotopic (exact) mass is 307 g/mol. The molecule has 3 heteroatoms. The number of hydrogen-bond acceptors (Lipinski definition) is 1. The largest absolute Gasteiger partial charge is 0.327 e. The van der Waals surface area contributed by atoms with E-state index in [0.29, 0.717) is 10.0 Å². The van der Waals surface area contributed by atoms with Gasteiger partial charge in [-0.25, -0.2) is 0 Å². The van der Waals surface area contributed by atoms with E-state index in [1.807, 2.05) is 12.1 Å². The first-order chi connectivity index (χ1) is 9.47. The van der Waals surface area contributed by atoms with Crippen LogP contribution in [0, 0.1) is 13.8 Å². The Morgan fingerprint density at radius 1 is 1.00 bits per heavy atom. The van der Waals surface area contributed by atoms with Gasteiger partial charge in [0.15, 0.2) is 0 Å². The van der Waals surface area contributed by atoms with Gasteiger partial charge in [-0.05, 0) is 61.1 Å². The SMILES string of the molecule is Cc1cccc(C)c1CC(N)Cc1ccc(Cl)cc1Cl. The minimum absolute atomic E-state index is 0.0495. The van der Waals surface area contributed by atoms with Crippen LogP contribution in [0.1, 0.15) is 22.3 Å². The van der Waals surface area contributed by atoms with Crippen LogP contribution in [0.3, 0.4) is 0 Å². The maximum absolute atomic E-state index is 6.29. The number of hydrogen-bond donors (Lipinski definition) is 1. The molecule has 106 valence electrons. The molecule has 0 saturated carbocycles. The van der Waals surface area contributed by atoms with E-state index in [2.05, 4.69) is 32.0 Å². The van der Waals surface area contributed by atoms with Crippen molar-refractivity contribution in [3.05, 3.63) is 68.7 Å². The lowest BCUT2D eigenvalue weighted by Crippen LogP contribution is -2.26. The molecule has 0 heterocycles. The van der Waals surface area contributed by atoms with E-state index in [0.717, 1.165) is 18.4 Å². The summed E-state index contributed by atoms with van der Waals surface area (Å²) in [6, 6.07) is 12.0. The van der Waals surface area contributed by atoms with E-state index in [1.54, 1.807) is 6.07 Å². The number of benzene rings is 2. The van der Waals surface area contributed by atoms with Crippen LogP contribution in [-0.4, -0.2) is 6.04 Å². The van der Waals surface area contributed by atoms with Crippen LogP contribution in [0.25, 0.3) is 0 Å². The van der Waals surface area contributed by atoms with Crippen molar-refractivity contribution in [3.8, 4) is 0 Å². The van der Waals surface area contributed by atoms with Gasteiger partial charge >= 0.3 is 0 Å². The van der Waals surface area contributed by atoms with Crippen LogP contribution in [0.5, 0.6) is 0 Å². The lowest BCUT2D eigenvalue weighted by Gasteiger charge is -2.16. The summed E-state index contributed by atoms with van der Waals surface area (Å²) in [6.07, 6.45) is 1.61. The molecule has 2 aromatic rings. The third-order valence-corrected chi connectivity index (χ3v) is 4.19. The van der Waals surface area contributed by atoms with Gasteiger partial charge in [0.1, 0.15) is 0 Å². The van der Waals surface area contributed by atoms with Crippen LogP contribution in [-0.2, 0) is 12.8 Å². The second-order valence-electron chi connectivity index (χ2n) is 5.27. The molecule has 0 aliphatic carbocycles. The summed E-state index contributed by atoms with van der Waals surface area (Å²) in [5, 5.41) is 1.34. The van der Waals surface area contributed by atoms with E-state index in [1.165, 1.54) is 16.7 Å². The molecule has 2 N–H and O–H groups in total. The molecule has 0 radical (unpaired) electrons. The Kier molecular flexibility index (Phi) is 5.09. The Morgan fingerprint density at radius 2 is 1.65 bits per heavy atom. The van der Waals surface area contributed by atoms with E-state index >= 15 is 0 Å². The Balaban J connectivity index is 2.11. The van der Waals surface area contributed by atoms with Crippen molar-refractivity contribution in [3.63, 3.8) is 0 Å². The zero-order valence-corrected chi connectivity index (χ0v) is 13.3. The van der Waals surface area contributed by atoms with Crippen molar-refractivity contribution in [2.24, 2.45) is 5.73 Å². The van der Waals surface area contributed by atoms with E-state index < -0.39 is 0 Å². The van der Waals surface area contributed by atoms with Gasteiger partial charge in [-0.15, -0.1) is 0 Å². The van der Waals surface area contributed by atoms with Crippen molar-refractivity contribution >= 4 is 23.2 Å². The smallest absolute Gasteiger partial charge is 0.0453 e. The topological polar surface area (TPSA) is 26.0 Å². The van der Waals surface area contributed by atoms with Crippen molar-refractivity contribution in [2.75, 3.05) is 0 Å². The minimum atomic E-state index is 0.0495. The predicted octanol–water partition coefficient (Wildman–Crippen LogP) is 4.72. The summed E-state index contributed by atoms with van der Waals surface area (Å²) in [5.74, 6) is 0. The van der Waals surface area contributed by atoms with E-state index in [9.17, 15) is 0 Å². The molecule has 0 bridgehead atoms. The zero-order valence-electron chi connectivity index (χ0n) is 11.8. The molecule has 0 aromatic heterocycles. The van der Waals surface area contributed by atoms with Crippen LogP contribution in [0.15, 0.2) is 36.4 Å². The molecule has 1 unspecified atom stereocenters. The standard InChI is InChI=1S/C17H19Cl2N/c1-11-4-3-5-12(2)16(11)10-15(20)8-13-6-7-14(18)9-17(13)19/h3-7,9,15H,8,10,20H2,1-2H3. The van der Waals surface area contributed by atoms with Gasteiger partial charge in [-0.2, -0.15) is 0 Å². The number of nitrogens with two attached hydrogens (primary N) is 1. The summed E-state index contributed by atoms with van der Waals surface area (Å²) >= 11 is 12.1. The minimum Gasteiger partial charge on any atom is -0.327 e. The van der Waals surface area contributed by atoms with Crippen molar-refractivity contribution < 1.29 is 0 Å². The van der Waals surface area contributed by atoms with Gasteiger partial charge in [0.05, 0.1) is 0 Å². The summed E-state index contributed by atoms with van der Waals surface area (Å²) in [4.78, 5) is 0. The van der Waals surface area contributed by atoms with Gasteiger partial charge in [-0.1, -0.05) is 47.5 Å². The molecule has 0 aliphatic rings. The summed E-state index contributed by atoms with van der Waals surface area (Å²) in [5.41, 5.74) is 11.3. The fourth-order valence-electron chi connectivity index (χ4n) is 2.48. The Labute approximate surface area is 130 Å². The molecule has 0 spiro atoms. The highest BCUT2D eigenvalue weighted by molar-refractivity contribution is 6.35. The highest BCUT2D eigenvalue weighted by atomic mass is 35.5. The highest BCUT2D eigenvalue weighted by Gasteiger charge is 2.11. The van der Waals surface area contributed by atoms with Gasteiger partial charge in [0, 0.05) is 16.1 Å². The fraction of sp³-hybridized carbons (Fsp3) is 0.294. The molecule has 20 heavy (non-hydrogen) atoms. The van der Waals surface area contributed by atoms with E-state index in [-0.39, 0.29) is 6.04 Å². The van der Waals surface area contributed by atoms with Crippen LogP contribution >= 0.6 is 23.2 Å². The predicted molar refractivity (Wildman–Crippen MR) is 87.8 cm³/mol. The molecule has 0 aliphatic heterocycles. The lowest BCUT2D eigenvalue weighted by molar-refractivity contribution is 0.660. The zero-order chi connectivity index (χ0) is 14.7. The molecule has 1 atom stereocenters. The van der Waals surface area contributed by atoms with Crippen molar-refractivity contribution in [1.29, 1.82) is 0 Å². The summed E-state index contributed by atoms with van der Waals surface area (Å²) in [7, 11) is 0. The van der Waals surface area contributed by atoms with Crippen LogP contribution in [0.2, 0.25) is 10.0 Å². The summed E-state index contributed by atoms with van der Waals surface area (Å²) < 4.78 is 0. The molecular formula is C17H19Cl2N. The third kappa shape index (κ3) is 3.76. The average molecular weight is 308 g/mol. The lowest BCUT2D eigenvalue weighted by atomic mass is 9.94. The first kappa shape index (κ1) is 15.4. The normalized spacial score (nSPS) is 12.4. The highest BCUT2D eigenvalue weighted by Crippen LogP contribution is 2.23. The molecule has 1 nitrogen and oxygen atoms in total. The third-order valence-electron chi connectivity index (χ3n) is 3.61. The summed E-state index contributed by atoms with van der Waals surface area (Å²) in [6.45, 7) is 4.26. The Bertz CT molecular complexity index is 588. The van der Waals surface area contributed by atoms with Crippen LogP contribution < -0.4 is 5.73 Å². The Hall–Kier alpha value is -1.02. The molecule has 0 amide bonds. The van der Waals surface area contributed by atoms with E-state index in [4.69, 9.17) is 28.9 Å². The number of aryl methyl sites for hydroxylation is 2. The first-order valence-corrected chi connectivity index (χ1v) is 7.47. The van der Waals surface area contributed by atoms with Gasteiger partial charge in [-0.3, -0.25) is 0 Å². The number of rotatable bonds is 4. The molecule has 2 rings (SSSR count). The van der Waals surface area contributed by atoms with Crippen molar-refractivity contribution in [1.82, 2.24) is 0 Å². The van der Waals surface area contributed by atoms with Gasteiger partial charge in [0.25, 0.3) is 0 Å². The second kappa shape index (κ2) is 6.62. The molecule has 0 saturated heterocycles. The average Bonchev–Trinajstić information content (AvgIpc) is 2.37. The van der Waals surface area contributed by atoms with Gasteiger partial charge in [0.2, 0.25) is 0 Å². The molecular weight excluding hydrogens is 289 g/mol. The van der Waals surface area contributed by atoms with Gasteiger partial charge < -0.3 is 5.73 Å². The van der Waals surface area contributed by atoms with Crippen molar-refractivity contribution in [2.45, 2.75) is 32.7 Å². The quantitative estimate of drug-likeness (QED) is 0.868.